The van der Waals surface area contributed by atoms with Gasteiger partial charge in [0.1, 0.15) is 23.2 Å². The first-order valence-corrected chi connectivity index (χ1v) is 8.65. The van der Waals surface area contributed by atoms with Crippen molar-refractivity contribution < 1.29 is 14.1 Å². The standard InChI is InChI=1S/C19H17ClN4O3/c1-24-17-16(15(22-19(24)25)11-3-5-12(20)6-4-11)23-27-18(17)21-13-7-9-14(26-2)10-8-13/h3-10,15,21H,1-2H3,(H,22,25). The number of carbonyl (C=O) groups is 1. The summed E-state index contributed by atoms with van der Waals surface area (Å²) < 4.78 is 10.7. The van der Waals surface area contributed by atoms with Crippen LogP contribution in [0.4, 0.5) is 22.1 Å². The first-order chi connectivity index (χ1) is 13.1. The lowest BCUT2D eigenvalue weighted by atomic mass is 10.0. The fourth-order valence-corrected chi connectivity index (χ4v) is 3.11. The summed E-state index contributed by atoms with van der Waals surface area (Å²) in [5.74, 6) is 1.14. The predicted molar refractivity (Wildman–Crippen MR) is 103 cm³/mol. The molecule has 0 aliphatic carbocycles. The summed E-state index contributed by atoms with van der Waals surface area (Å²) in [7, 11) is 3.28. The highest BCUT2D eigenvalue weighted by Gasteiger charge is 2.36. The number of rotatable bonds is 4. The zero-order valence-electron chi connectivity index (χ0n) is 14.7. The van der Waals surface area contributed by atoms with Gasteiger partial charge in [-0.1, -0.05) is 28.9 Å². The van der Waals surface area contributed by atoms with Crippen LogP contribution in [-0.2, 0) is 0 Å². The van der Waals surface area contributed by atoms with E-state index < -0.39 is 6.04 Å². The number of methoxy groups -OCH3 is 1. The number of aromatic nitrogens is 1. The van der Waals surface area contributed by atoms with E-state index >= 15 is 0 Å². The maximum absolute atomic E-state index is 12.5. The maximum Gasteiger partial charge on any atom is 0.322 e. The summed E-state index contributed by atoms with van der Waals surface area (Å²) in [5.41, 5.74) is 2.87. The van der Waals surface area contributed by atoms with Gasteiger partial charge in [-0.3, -0.25) is 4.90 Å². The number of carbonyl (C=O) groups excluding carboxylic acids is 1. The predicted octanol–water partition coefficient (Wildman–Crippen LogP) is 4.33. The van der Waals surface area contributed by atoms with Gasteiger partial charge in [0.15, 0.2) is 0 Å². The Kier molecular flexibility index (Phi) is 4.37. The van der Waals surface area contributed by atoms with E-state index in [9.17, 15) is 4.79 Å². The van der Waals surface area contributed by atoms with E-state index in [4.69, 9.17) is 20.9 Å². The molecule has 2 N–H and O–H groups in total. The molecule has 0 fully saturated rings. The number of halogens is 1. The Morgan fingerprint density at radius 1 is 1.19 bits per heavy atom. The van der Waals surface area contributed by atoms with Gasteiger partial charge in [0.2, 0.25) is 0 Å². The fraction of sp³-hybridized carbons (Fsp3) is 0.158. The molecule has 0 saturated heterocycles. The number of nitrogens with one attached hydrogen (secondary N) is 2. The molecule has 1 aliphatic rings. The third kappa shape index (κ3) is 3.17. The number of urea groups is 1. The van der Waals surface area contributed by atoms with Crippen molar-refractivity contribution in [3.05, 3.63) is 64.8 Å². The Balaban J connectivity index is 1.70. The lowest BCUT2D eigenvalue weighted by molar-refractivity contribution is 0.243. The van der Waals surface area contributed by atoms with Crippen molar-refractivity contribution in [1.82, 2.24) is 10.5 Å². The molecule has 8 heteroatoms. The maximum atomic E-state index is 12.5. The van der Waals surface area contributed by atoms with Crippen molar-refractivity contribution in [3.8, 4) is 5.75 Å². The minimum atomic E-state index is -0.420. The molecular weight excluding hydrogens is 368 g/mol. The van der Waals surface area contributed by atoms with Crippen LogP contribution in [0.1, 0.15) is 17.3 Å². The number of nitrogens with zero attached hydrogens (tertiary/aromatic N) is 2. The number of hydrogen-bond acceptors (Lipinski definition) is 5. The van der Waals surface area contributed by atoms with Gasteiger partial charge in [-0.25, -0.2) is 4.79 Å². The second kappa shape index (κ2) is 6.85. The van der Waals surface area contributed by atoms with Crippen LogP contribution in [0.25, 0.3) is 0 Å². The lowest BCUT2D eigenvalue weighted by Crippen LogP contribution is -2.44. The van der Waals surface area contributed by atoms with Crippen LogP contribution in [0, 0.1) is 0 Å². The number of benzene rings is 2. The van der Waals surface area contributed by atoms with Crippen LogP contribution in [0.3, 0.4) is 0 Å². The summed E-state index contributed by atoms with van der Waals surface area (Å²) in [4.78, 5) is 13.9. The van der Waals surface area contributed by atoms with Crippen LogP contribution in [-0.4, -0.2) is 25.3 Å². The molecule has 4 rings (SSSR count). The molecule has 1 aromatic heterocycles. The van der Waals surface area contributed by atoms with Crippen molar-refractivity contribution >= 4 is 34.9 Å². The Morgan fingerprint density at radius 3 is 2.56 bits per heavy atom. The first kappa shape index (κ1) is 17.2. The first-order valence-electron chi connectivity index (χ1n) is 8.27. The van der Waals surface area contributed by atoms with Gasteiger partial charge < -0.3 is 19.9 Å². The molecule has 7 nitrogen and oxygen atoms in total. The molecule has 0 saturated carbocycles. The molecule has 2 amide bonds. The van der Waals surface area contributed by atoms with Gasteiger partial charge in [-0.2, -0.15) is 0 Å². The van der Waals surface area contributed by atoms with Crippen molar-refractivity contribution in [2.24, 2.45) is 0 Å². The SMILES string of the molecule is COc1ccc(Nc2onc3c2N(C)C(=O)NC3c2ccc(Cl)cc2)cc1. The van der Waals surface area contributed by atoms with E-state index in [1.165, 1.54) is 4.90 Å². The van der Waals surface area contributed by atoms with E-state index in [-0.39, 0.29) is 6.03 Å². The second-order valence-electron chi connectivity index (χ2n) is 6.09. The lowest BCUT2D eigenvalue weighted by Gasteiger charge is -2.29. The van der Waals surface area contributed by atoms with Crippen LogP contribution in [0.15, 0.2) is 53.1 Å². The fourth-order valence-electron chi connectivity index (χ4n) is 2.99. The number of fused-ring (bicyclic) bond motifs is 1. The second-order valence-corrected chi connectivity index (χ2v) is 6.53. The van der Waals surface area contributed by atoms with Gasteiger partial charge >= 0.3 is 6.03 Å². The van der Waals surface area contributed by atoms with E-state index in [1.54, 1.807) is 26.3 Å². The highest BCUT2D eigenvalue weighted by Crippen LogP contribution is 2.40. The van der Waals surface area contributed by atoms with E-state index in [0.29, 0.717) is 22.3 Å². The molecule has 2 aromatic carbocycles. The molecule has 0 bridgehead atoms. The van der Waals surface area contributed by atoms with Gasteiger partial charge in [0.25, 0.3) is 5.88 Å². The highest BCUT2D eigenvalue weighted by molar-refractivity contribution is 6.30. The Hall–Kier alpha value is -3.19. The largest absolute Gasteiger partial charge is 0.497 e. The minimum absolute atomic E-state index is 0.247. The summed E-state index contributed by atoms with van der Waals surface area (Å²) in [6.07, 6.45) is 0. The molecule has 0 radical (unpaired) electrons. The monoisotopic (exact) mass is 384 g/mol. The van der Waals surface area contributed by atoms with Crippen LogP contribution >= 0.6 is 11.6 Å². The normalized spacial score (nSPS) is 15.9. The topological polar surface area (TPSA) is 79.6 Å². The van der Waals surface area contributed by atoms with E-state index in [1.807, 2.05) is 36.4 Å². The van der Waals surface area contributed by atoms with Crippen LogP contribution < -0.4 is 20.3 Å². The third-order valence-electron chi connectivity index (χ3n) is 4.43. The third-order valence-corrected chi connectivity index (χ3v) is 4.68. The van der Waals surface area contributed by atoms with E-state index in [2.05, 4.69) is 15.8 Å². The van der Waals surface area contributed by atoms with Crippen molar-refractivity contribution in [2.75, 3.05) is 24.4 Å². The number of hydrogen-bond donors (Lipinski definition) is 2. The summed E-state index contributed by atoms with van der Waals surface area (Å²) in [6.45, 7) is 0. The van der Waals surface area contributed by atoms with Crippen molar-refractivity contribution in [1.29, 1.82) is 0 Å². The smallest absolute Gasteiger partial charge is 0.322 e. The van der Waals surface area contributed by atoms with Gasteiger partial charge in [-0.05, 0) is 42.0 Å². The van der Waals surface area contributed by atoms with Crippen molar-refractivity contribution in [2.45, 2.75) is 6.04 Å². The van der Waals surface area contributed by atoms with Crippen LogP contribution in [0.5, 0.6) is 5.75 Å². The molecule has 0 spiro atoms. The number of ether oxygens (including phenoxy) is 1. The molecule has 138 valence electrons. The quantitative estimate of drug-likeness (QED) is 0.699. The van der Waals surface area contributed by atoms with Gasteiger partial charge in [0.05, 0.1) is 7.11 Å². The summed E-state index contributed by atoms with van der Waals surface area (Å²) in [5, 5.41) is 10.9. The van der Waals surface area contributed by atoms with Gasteiger partial charge in [0, 0.05) is 17.8 Å². The average Bonchev–Trinajstić information content (AvgIpc) is 3.10. The average molecular weight is 385 g/mol. The number of amides is 2. The van der Waals surface area contributed by atoms with Crippen molar-refractivity contribution in [3.63, 3.8) is 0 Å². The highest BCUT2D eigenvalue weighted by atomic mass is 35.5. The summed E-state index contributed by atoms with van der Waals surface area (Å²) in [6, 6.07) is 14.0. The zero-order chi connectivity index (χ0) is 19.0. The molecule has 1 aliphatic heterocycles. The van der Waals surface area contributed by atoms with E-state index in [0.717, 1.165) is 17.0 Å². The molecule has 1 unspecified atom stereocenters. The minimum Gasteiger partial charge on any atom is -0.497 e. The molecule has 27 heavy (non-hydrogen) atoms. The Bertz CT molecular complexity index is 970. The molecule has 1 atom stereocenters. The Labute approximate surface area is 160 Å². The van der Waals surface area contributed by atoms with Gasteiger partial charge in [-0.15, -0.1) is 0 Å². The zero-order valence-corrected chi connectivity index (χ0v) is 15.4. The van der Waals surface area contributed by atoms with Crippen LogP contribution in [0.2, 0.25) is 5.02 Å². The summed E-state index contributed by atoms with van der Waals surface area (Å²) >= 11 is 5.97. The number of anilines is 3. The molecule has 3 aromatic rings. The molecule has 2 heterocycles. The molecular formula is C19H17ClN4O3. The Morgan fingerprint density at radius 2 is 1.89 bits per heavy atom.